The number of allylic oxidation sites excluding steroid dienone is 3. The highest BCUT2D eigenvalue weighted by Crippen LogP contribution is 2.43. The SMILES string of the molecule is CCCCCCCCN(CCCCCCCC)c1ccc(C2=C([O-])C(=CC3=[N+](CC)c4ccc(C(=O)O)cc4C3(C)C)C2=O)cc1. The number of hydrogen-bond acceptors (Lipinski definition) is 4. The number of carboxylic acid groups (broad SMARTS) is 1. The van der Waals surface area contributed by atoms with Crippen molar-refractivity contribution < 1.29 is 24.4 Å². The average Bonchev–Trinajstić information content (AvgIpc) is 3.27. The molecule has 0 saturated heterocycles. The lowest BCUT2D eigenvalue weighted by molar-refractivity contribution is -0.433. The van der Waals surface area contributed by atoms with E-state index in [2.05, 4.69) is 35.5 Å². The standard InChI is InChI=1S/C40H54N2O4/c1-6-9-11-13-15-17-25-41(26-18-16-14-12-10-7-2)31-22-19-29(20-23-31)36-37(43)32(38(36)44)28-35-40(4,5)33-27-30(39(45)46)21-24-34(33)42(35)8-3/h19-24,27-28H,6-18,25-26H2,1-5H3,(H-,43,44,45,46). The number of aromatic carboxylic acids is 1. The molecule has 2 aromatic rings. The summed E-state index contributed by atoms with van der Waals surface area (Å²) in [5, 5.41) is 23.0. The average molecular weight is 627 g/mol. The lowest BCUT2D eigenvalue weighted by Crippen LogP contribution is -2.33. The van der Waals surface area contributed by atoms with Gasteiger partial charge in [-0.25, -0.2) is 4.79 Å². The van der Waals surface area contributed by atoms with E-state index in [4.69, 9.17) is 0 Å². The topological polar surface area (TPSA) is 83.7 Å². The Morgan fingerprint density at radius 3 is 1.93 bits per heavy atom. The molecule has 4 rings (SSSR count). The van der Waals surface area contributed by atoms with E-state index >= 15 is 0 Å². The van der Waals surface area contributed by atoms with Gasteiger partial charge in [-0.1, -0.05) is 95.9 Å². The number of benzene rings is 2. The van der Waals surface area contributed by atoms with E-state index in [9.17, 15) is 19.8 Å². The van der Waals surface area contributed by atoms with Crippen LogP contribution in [0.25, 0.3) is 5.57 Å². The Morgan fingerprint density at radius 1 is 0.848 bits per heavy atom. The zero-order chi connectivity index (χ0) is 33.3. The number of carbonyl (C=O) groups excluding carboxylic acids is 1. The fraction of sp³-hybridized carbons (Fsp3) is 0.525. The van der Waals surface area contributed by atoms with E-state index in [1.165, 1.54) is 77.0 Å². The Balaban J connectivity index is 1.51. The van der Waals surface area contributed by atoms with Crippen molar-refractivity contribution in [3.63, 3.8) is 0 Å². The predicted octanol–water partition coefficient (Wildman–Crippen LogP) is 8.59. The summed E-state index contributed by atoms with van der Waals surface area (Å²) in [5.41, 5.74) is 4.57. The van der Waals surface area contributed by atoms with Gasteiger partial charge in [-0.2, -0.15) is 4.58 Å². The molecule has 1 heterocycles. The van der Waals surface area contributed by atoms with Gasteiger partial charge in [0.15, 0.2) is 11.5 Å². The van der Waals surface area contributed by atoms with Crippen molar-refractivity contribution in [2.75, 3.05) is 24.5 Å². The van der Waals surface area contributed by atoms with E-state index in [0.29, 0.717) is 12.1 Å². The van der Waals surface area contributed by atoms with E-state index in [1.807, 2.05) is 39.0 Å². The van der Waals surface area contributed by atoms with E-state index < -0.39 is 11.4 Å². The highest BCUT2D eigenvalue weighted by atomic mass is 16.4. The maximum atomic E-state index is 13.5. The number of Topliss-reactive ketones (excluding diaryl/α,β-unsaturated/α-hetero) is 1. The van der Waals surface area contributed by atoms with Gasteiger partial charge in [0.1, 0.15) is 6.54 Å². The van der Waals surface area contributed by atoms with Crippen LogP contribution in [0.2, 0.25) is 0 Å². The van der Waals surface area contributed by atoms with Crippen molar-refractivity contribution in [2.45, 2.75) is 117 Å². The molecule has 0 unspecified atom stereocenters. The number of fused-ring (bicyclic) bond motifs is 1. The number of unbranched alkanes of at least 4 members (excludes halogenated alkanes) is 10. The molecule has 0 amide bonds. The minimum Gasteiger partial charge on any atom is -0.871 e. The minimum atomic E-state index is -0.976. The van der Waals surface area contributed by atoms with Crippen LogP contribution >= 0.6 is 0 Å². The third-order valence-electron chi connectivity index (χ3n) is 9.76. The Bertz CT molecular complexity index is 1460. The van der Waals surface area contributed by atoms with Gasteiger partial charge in [-0.05, 0) is 63.4 Å². The third-order valence-corrected chi connectivity index (χ3v) is 9.76. The highest BCUT2D eigenvalue weighted by molar-refractivity contribution is 6.40. The minimum absolute atomic E-state index is 0.194. The van der Waals surface area contributed by atoms with Gasteiger partial charge in [0.2, 0.25) is 5.69 Å². The predicted molar refractivity (Wildman–Crippen MR) is 187 cm³/mol. The van der Waals surface area contributed by atoms with Crippen LogP contribution in [-0.4, -0.2) is 46.8 Å². The molecule has 1 N–H and O–H groups in total. The van der Waals surface area contributed by atoms with Crippen molar-refractivity contribution >= 4 is 34.4 Å². The molecular weight excluding hydrogens is 572 g/mol. The van der Waals surface area contributed by atoms with Crippen molar-refractivity contribution in [1.82, 2.24) is 0 Å². The monoisotopic (exact) mass is 626 g/mol. The normalized spacial score (nSPS) is 16.3. The molecule has 6 nitrogen and oxygen atoms in total. The number of rotatable bonds is 19. The summed E-state index contributed by atoms with van der Waals surface area (Å²) in [5.74, 6) is -1.43. The fourth-order valence-corrected chi connectivity index (χ4v) is 6.93. The van der Waals surface area contributed by atoms with Crippen LogP contribution in [0.1, 0.15) is 133 Å². The van der Waals surface area contributed by atoms with Crippen LogP contribution in [0.5, 0.6) is 0 Å². The summed E-state index contributed by atoms with van der Waals surface area (Å²) in [4.78, 5) is 27.6. The third kappa shape index (κ3) is 7.82. The number of ketones is 1. The van der Waals surface area contributed by atoms with E-state index in [1.54, 1.807) is 18.2 Å². The van der Waals surface area contributed by atoms with Gasteiger partial charge >= 0.3 is 5.97 Å². The number of carboxylic acids is 1. The summed E-state index contributed by atoms with van der Waals surface area (Å²) in [7, 11) is 0. The first-order valence-corrected chi connectivity index (χ1v) is 17.7. The maximum absolute atomic E-state index is 13.5. The molecule has 0 spiro atoms. The second kappa shape index (κ2) is 16.2. The Kier molecular flexibility index (Phi) is 12.4. The molecule has 6 heteroatoms. The number of nitrogens with zero attached hydrogens (tertiary/aromatic N) is 2. The lowest BCUT2D eigenvalue weighted by Gasteiger charge is -2.31. The Hall–Kier alpha value is -3.67. The zero-order valence-corrected chi connectivity index (χ0v) is 28.8. The highest BCUT2D eigenvalue weighted by Gasteiger charge is 2.45. The van der Waals surface area contributed by atoms with E-state index in [-0.39, 0.29) is 28.3 Å². The van der Waals surface area contributed by atoms with Crippen LogP contribution in [0, 0.1) is 0 Å². The Morgan fingerprint density at radius 2 is 1.41 bits per heavy atom. The van der Waals surface area contributed by atoms with Crippen molar-refractivity contribution in [3.8, 4) is 0 Å². The van der Waals surface area contributed by atoms with Gasteiger partial charge in [0, 0.05) is 47.6 Å². The molecule has 2 aliphatic rings. The largest absolute Gasteiger partial charge is 0.871 e. The molecule has 0 radical (unpaired) electrons. The molecular formula is C40H54N2O4. The van der Waals surface area contributed by atoms with Crippen molar-refractivity contribution in [3.05, 3.63) is 76.6 Å². The second-order valence-corrected chi connectivity index (χ2v) is 13.5. The van der Waals surface area contributed by atoms with Crippen LogP contribution < -0.4 is 10.0 Å². The van der Waals surface area contributed by atoms with Gasteiger partial charge in [-0.15, -0.1) is 0 Å². The molecule has 1 aliphatic carbocycles. The first kappa shape index (κ1) is 35.2. The summed E-state index contributed by atoms with van der Waals surface area (Å²) >= 11 is 0. The van der Waals surface area contributed by atoms with Crippen LogP contribution in [0.3, 0.4) is 0 Å². The summed E-state index contributed by atoms with van der Waals surface area (Å²) in [6.07, 6.45) is 16.9. The summed E-state index contributed by atoms with van der Waals surface area (Å²) in [6.45, 7) is 13.2. The van der Waals surface area contributed by atoms with Crippen molar-refractivity contribution in [1.29, 1.82) is 0 Å². The molecule has 46 heavy (non-hydrogen) atoms. The van der Waals surface area contributed by atoms with Crippen LogP contribution in [0.4, 0.5) is 11.4 Å². The van der Waals surface area contributed by atoms with E-state index in [0.717, 1.165) is 35.7 Å². The molecule has 0 aromatic heterocycles. The van der Waals surface area contributed by atoms with Gasteiger partial charge in [-0.3, -0.25) is 4.79 Å². The summed E-state index contributed by atoms with van der Waals surface area (Å²) < 4.78 is 2.07. The van der Waals surface area contributed by atoms with Gasteiger partial charge in [0.05, 0.1) is 11.0 Å². The smallest absolute Gasteiger partial charge is 0.335 e. The fourth-order valence-electron chi connectivity index (χ4n) is 6.93. The van der Waals surface area contributed by atoms with Crippen molar-refractivity contribution in [2.24, 2.45) is 0 Å². The molecule has 0 saturated carbocycles. The number of hydrogen-bond donors (Lipinski definition) is 1. The first-order chi connectivity index (χ1) is 22.1. The van der Waals surface area contributed by atoms with Crippen LogP contribution in [-0.2, 0) is 10.2 Å². The number of anilines is 1. The molecule has 2 aromatic carbocycles. The first-order valence-electron chi connectivity index (χ1n) is 17.7. The molecule has 248 valence electrons. The van der Waals surface area contributed by atoms with Gasteiger partial charge in [0.25, 0.3) is 0 Å². The lowest BCUT2D eigenvalue weighted by atomic mass is 9.77. The maximum Gasteiger partial charge on any atom is 0.335 e. The quantitative estimate of drug-likeness (QED) is 0.0959. The summed E-state index contributed by atoms with van der Waals surface area (Å²) in [6, 6.07) is 13.1. The van der Waals surface area contributed by atoms with Crippen LogP contribution in [0.15, 0.2) is 59.9 Å². The Labute approximate surface area is 276 Å². The number of carbonyl (C=O) groups is 2. The molecule has 0 atom stereocenters. The van der Waals surface area contributed by atoms with Gasteiger partial charge < -0.3 is 15.1 Å². The molecule has 1 aliphatic heterocycles. The second-order valence-electron chi connectivity index (χ2n) is 13.5. The molecule has 0 fully saturated rings. The molecule has 0 bridgehead atoms. The zero-order valence-electron chi connectivity index (χ0n) is 28.8.